The molecule has 0 spiro atoms. The quantitative estimate of drug-likeness (QED) is 0.323. The molecular formula is C17H20N2O6. The van der Waals surface area contributed by atoms with Crippen LogP contribution in [0.1, 0.15) is 18.9 Å². The maximum atomic E-state index is 12.4. The third-order valence-corrected chi connectivity index (χ3v) is 3.83. The molecule has 1 atom stereocenters. The SMILES string of the molecule is C=CCOC(C)C(=O)OCC(=O)N1CCCc2cc([N+](=O)[O-])ccc21. The predicted molar refractivity (Wildman–Crippen MR) is 90.3 cm³/mol. The van der Waals surface area contributed by atoms with Gasteiger partial charge < -0.3 is 14.4 Å². The largest absolute Gasteiger partial charge is 0.454 e. The fraction of sp³-hybridized carbons (Fsp3) is 0.412. The Morgan fingerprint density at radius 1 is 1.48 bits per heavy atom. The number of rotatable bonds is 7. The second kappa shape index (κ2) is 8.39. The van der Waals surface area contributed by atoms with Gasteiger partial charge in [0, 0.05) is 24.4 Å². The highest BCUT2D eigenvalue weighted by Gasteiger charge is 2.25. The maximum absolute atomic E-state index is 12.4. The number of hydrogen-bond acceptors (Lipinski definition) is 6. The molecule has 134 valence electrons. The standard InChI is InChI=1S/C17H20N2O6/c1-3-9-24-12(2)17(21)25-11-16(20)18-8-4-5-13-10-14(19(22)23)6-7-15(13)18/h3,6-7,10,12H,1,4-5,8-9,11H2,2H3. The fourth-order valence-corrected chi connectivity index (χ4v) is 2.56. The van der Waals surface area contributed by atoms with Gasteiger partial charge in [0.2, 0.25) is 0 Å². The lowest BCUT2D eigenvalue weighted by Gasteiger charge is -2.29. The number of ether oxygens (including phenoxy) is 2. The van der Waals surface area contributed by atoms with Crippen molar-refractivity contribution in [3.63, 3.8) is 0 Å². The molecule has 0 aromatic heterocycles. The number of esters is 1. The zero-order valence-corrected chi connectivity index (χ0v) is 14.0. The zero-order chi connectivity index (χ0) is 18.4. The van der Waals surface area contributed by atoms with Crippen molar-refractivity contribution >= 4 is 23.3 Å². The number of carbonyl (C=O) groups excluding carboxylic acids is 2. The van der Waals surface area contributed by atoms with Crippen molar-refractivity contribution < 1.29 is 24.0 Å². The number of fused-ring (bicyclic) bond motifs is 1. The second-order valence-corrected chi connectivity index (χ2v) is 5.59. The van der Waals surface area contributed by atoms with E-state index >= 15 is 0 Å². The van der Waals surface area contributed by atoms with Gasteiger partial charge in [-0.1, -0.05) is 6.08 Å². The molecule has 0 aliphatic carbocycles. The molecule has 1 unspecified atom stereocenters. The fourth-order valence-electron chi connectivity index (χ4n) is 2.56. The first-order valence-electron chi connectivity index (χ1n) is 7.91. The average Bonchev–Trinajstić information content (AvgIpc) is 2.62. The van der Waals surface area contributed by atoms with E-state index in [0.29, 0.717) is 25.1 Å². The van der Waals surface area contributed by atoms with Crippen molar-refractivity contribution in [3.05, 3.63) is 46.5 Å². The van der Waals surface area contributed by atoms with Gasteiger partial charge in [0.1, 0.15) is 0 Å². The highest BCUT2D eigenvalue weighted by Crippen LogP contribution is 2.30. The van der Waals surface area contributed by atoms with Gasteiger partial charge in [-0.3, -0.25) is 14.9 Å². The van der Waals surface area contributed by atoms with Crippen molar-refractivity contribution in [2.24, 2.45) is 0 Å². The molecule has 0 N–H and O–H groups in total. The van der Waals surface area contributed by atoms with Crippen LogP contribution in [0.4, 0.5) is 11.4 Å². The molecule has 1 aliphatic rings. The Labute approximate surface area is 145 Å². The number of nitro groups is 1. The molecule has 0 radical (unpaired) electrons. The van der Waals surface area contributed by atoms with E-state index in [9.17, 15) is 19.7 Å². The molecule has 0 bridgehead atoms. The lowest BCUT2D eigenvalue weighted by atomic mass is 10.0. The number of nitrogens with zero attached hydrogens (tertiary/aromatic N) is 2. The predicted octanol–water partition coefficient (Wildman–Crippen LogP) is 2.01. The second-order valence-electron chi connectivity index (χ2n) is 5.59. The molecule has 8 nitrogen and oxygen atoms in total. The first kappa shape index (κ1) is 18.6. The van der Waals surface area contributed by atoms with Crippen molar-refractivity contribution in [1.29, 1.82) is 0 Å². The smallest absolute Gasteiger partial charge is 0.335 e. The van der Waals surface area contributed by atoms with Crippen molar-refractivity contribution in [1.82, 2.24) is 0 Å². The number of aryl methyl sites for hydroxylation is 1. The third-order valence-electron chi connectivity index (χ3n) is 3.83. The minimum Gasteiger partial charge on any atom is -0.454 e. The molecular weight excluding hydrogens is 328 g/mol. The maximum Gasteiger partial charge on any atom is 0.335 e. The molecule has 0 saturated heterocycles. The Morgan fingerprint density at radius 3 is 2.92 bits per heavy atom. The number of hydrogen-bond donors (Lipinski definition) is 0. The van der Waals surface area contributed by atoms with Crippen LogP contribution in [0.2, 0.25) is 0 Å². The number of benzene rings is 1. The number of anilines is 1. The summed E-state index contributed by atoms with van der Waals surface area (Å²) in [6, 6.07) is 4.40. The Hall–Kier alpha value is -2.74. The number of nitro benzene ring substituents is 1. The molecule has 1 amide bonds. The molecule has 1 aromatic carbocycles. The van der Waals surface area contributed by atoms with E-state index in [2.05, 4.69) is 6.58 Å². The van der Waals surface area contributed by atoms with Crippen molar-refractivity contribution in [2.45, 2.75) is 25.9 Å². The normalized spacial score (nSPS) is 14.4. The summed E-state index contributed by atoms with van der Waals surface area (Å²) in [6.07, 6.45) is 2.07. The first-order chi connectivity index (χ1) is 11.9. The zero-order valence-electron chi connectivity index (χ0n) is 14.0. The summed E-state index contributed by atoms with van der Waals surface area (Å²) in [5.41, 5.74) is 1.35. The van der Waals surface area contributed by atoms with Crippen LogP contribution >= 0.6 is 0 Å². The van der Waals surface area contributed by atoms with Gasteiger partial charge in [-0.05, 0) is 31.4 Å². The van der Waals surface area contributed by atoms with Crippen LogP contribution in [-0.4, -0.2) is 42.7 Å². The molecule has 1 heterocycles. The van der Waals surface area contributed by atoms with Crippen molar-refractivity contribution in [3.8, 4) is 0 Å². The van der Waals surface area contributed by atoms with Crippen LogP contribution in [0.15, 0.2) is 30.9 Å². The molecule has 1 aromatic rings. The molecule has 8 heteroatoms. The van der Waals surface area contributed by atoms with E-state index in [1.807, 2.05) is 0 Å². The molecule has 2 rings (SSSR count). The van der Waals surface area contributed by atoms with E-state index in [0.717, 1.165) is 5.56 Å². The van der Waals surface area contributed by atoms with Gasteiger partial charge in [0.25, 0.3) is 11.6 Å². The van der Waals surface area contributed by atoms with Crippen LogP contribution in [0.5, 0.6) is 0 Å². The highest BCUT2D eigenvalue weighted by molar-refractivity contribution is 5.96. The summed E-state index contributed by atoms with van der Waals surface area (Å²) >= 11 is 0. The number of non-ortho nitro benzene ring substituents is 1. The van der Waals surface area contributed by atoms with Crippen LogP contribution in [-0.2, 0) is 25.5 Å². The molecule has 1 aliphatic heterocycles. The van der Waals surface area contributed by atoms with Crippen LogP contribution < -0.4 is 4.90 Å². The van der Waals surface area contributed by atoms with Gasteiger partial charge >= 0.3 is 5.97 Å². The number of amides is 1. The lowest BCUT2D eigenvalue weighted by Crippen LogP contribution is -2.39. The van der Waals surface area contributed by atoms with Gasteiger partial charge in [-0.25, -0.2) is 4.79 Å². The highest BCUT2D eigenvalue weighted by atomic mass is 16.6. The van der Waals surface area contributed by atoms with Crippen molar-refractivity contribution in [2.75, 3.05) is 24.7 Å². The third kappa shape index (κ3) is 4.63. The van der Waals surface area contributed by atoms with Crippen LogP contribution in [0.3, 0.4) is 0 Å². The van der Waals surface area contributed by atoms with Gasteiger partial charge in [-0.2, -0.15) is 0 Å². The monoisotopic (exact) mass is 348 g/mol. The van der Waals surface area contributed by atoms with Gasteiger partial charge in [-0.15, -0.1) is 6.58 Å². The summed E-state index contributed by atoms with van der Waals surface area (Å²) < 4.78 is 10.1. The summed E-state index contributed by atoms with van der Waals surface area (Å²) in [5, 5.41) is 10.9. The minimum absolute atomic E-state index is 0.00679. The first-order valence-corrected chi connectivity index (χ1v) is 7.91. The Kier molecular flexibility index (Phi) is 6.24. The average molecular weight is 348 g/mol. The number of carbonyl (C=O) groups is 2. The Balaban J connectivity index is 2.01. The summed E-state index contributed by atoms with van der Waals surface area (Å²) in [4.78, 5) is 36.0. The summed E-state index contributed by atoms with van der Waals surface area (Å²) in [5.74, 6) is -1.00. The van der Waals surface area contributed by atoms with Gasteiger partial charge in [0.15, 0.2) is 12.7 Å². The molecule has 0 saturated carbocycles. The van der Waals surface area contributed by atoms with Crippen LogP contribution in [0.25, 0.3) is 0 Å². The van der Waals surface area contributed by atoms with E-state index < -0.39 is 23.6 Å². The lowest BCUT2D eigenvalue weighted by molar-refractivity contribution is -0.384. The minimum atomic E-state index is -0.790. The van der Waals surface area contributed by atoms with Gasteiger partial charge in [0.05, 0.1) is 11.5 Å². The summed E-state index contributed by atoms with van der Waals surface area (Å²) in [6.45, 7) is 5.30. The topological polar surface area (TPSA) is 99.0 Å². The Morgan fingerprint density at radius 2 is 2.24 bits per heavy atom. The van der Waals surface area contributed by atoms with E-state index in [1.165, 1.54) is 30.0 Å². The van der Waals surface area contributed by atoms with E-state index in [-0.39, 0.29) is 18.2 Å². The van der Waals surface area contributed by atoms with E-state index in [4.69, 9.17) is 9.47 Å². The molecule has 25 heavy (non-hydrogen) atoms. The van der Waals surface area contributed by atoms with Crippen LogP contribution in [0, 0.1) is 10.1 Å². The Bertz CT molecular complexity index is 688. The summed E-state index contributed by atoms with van der Waals surface area (Å²) in [7, 11) is 0. The van der Waals surface area contributed by atoms with E-state index in [1.54, 1.807) is 6.07 Å². The molecule has 0 fully saturated rings.